The average Bonchev–Trinajstić information content (AvgIpc) is 2.51. The zero-order valence-electron chi connectivity index (χ0n) is 8.40. The normalized spacial score (nSPS) is 15.9. The molecule has 0 saturated heterocycles. The van der Waals surface area contributed by atoms with E-state index >= 15 is 0 Å². The zero-order valence-corrected chi connectivity index (χ0v) is 10.8. The summed E-state index contributed by atoms with van der Waals surface area (Å²) in [6, 6.07) is 1.96. The Morgan fingerprint density at radius 2 is 2.21 bits per heavy atom. The van der Waals surface area contributed by atoms with Gasteiger partial charge in [-0.25, -0.2) is 0 Å². The van der Waals surface area contributed by atoms with Crippen LogP contribution in [0.5, 0.6) is 0 Å². The van der Waals surface area contributed by atoms with E-state index in [1.54, 1.807) is 11.3 Å². The zero-order chi connectivity index (χ0) is 10.7. The molecule has 2 atom stereocenters. The molecule has 4 heteroatoms. The Morgan fingerprint density at radius 3 is 2.57 bits per heavy atom. The maximum atomic E-state index is 10.1. The maximum absolute atomic E-state index is 10.1. The largest absolute Gasteiger partial charge is 0.387 e. The van der Waals surface area contributed by atoms with E-state index in [2.05, 4.69) is 29.8 Å². The Kier molecular flexibility index (Phi) is 4.57. The fourth-order valence-corrected chi connectivity index (χ4v) is 3.14. The molecular formula is C10H16BrNOS. The molecule has 80 valence electrons. The summed E-state index contributed by atoms with van der Waals surface area (Å²) in [5, 5.41) is 12.1. The van der Waals surface area contributed by atoms with E-state index in [-0.39, 0.29) is 5.92 Å². The Bertz CT molecular complexity index is 287. The second-order valence-electron chi connectivity index (χ2n) is 3.72. The first kappa shape index (κ1) is 12.2. The molecule has 0 fully saturated rings. The van der Waals surface area contributed by atoms with Crippen molar-refractivity contribution in [2.75, 3.05) is 6.54 Å². The van der Waals surface area contributed by atoms with Gasteiger partial charge in [0.05, 0.1) is 6.10 Å². The van der Waals surface area contributed by atoms with Crippen LogP contribution >= 0.6 is 27.3 Å². The van der Waals surface area contributed by atoms with Crippen LogP contribution in [0.25, 0.3) is 0 Å². The van der Waals surface area contributed by atoms with Gasteiger partial charge < -0.3 is 10.8 Å². The first-order valence-corrected chi connectivity index (χ1v) is 6.36. The highest BCUT2D eigenvalue weighted by Crippen LogP contribution is 2.35. The van der Waals surface area contributed by atoms with Crippen molar-refractivity contribution in [1.82, 2.24) is 0 Å². The molecule has 1 aromatic rings. The molecule has 1 aromatic heterocycles. The minimum atomic E-state index is -0.450. The number of thiophene rings is 1. The van der Waals surface area contributed by atoms with Gasteiger partial charge in [-0.05, 0) is 39.8 Å². The van der Waals surface area contributed by atoms with E-state index < -0.39 is 6.10 Å². The van der Waals surface area contributed by atoms with Crippen molar-refractivity contribution in [2.24, 2.45) is 17.6 Å². The van der Waals surface area contributed by atoms with E-state index in [9.17, 15) is 5.11 Å². The third-order valence-corrected chi connectivity index (χ3v) is 4.39. The van der Waals surface area contributed by atoms with Gasteiger partial charge >= 0.3 is 0 Å². The van der Waals surface area contributed by atoms with Crippen molar-refractivity contribution in [2.45, 2.75) is 20.0 Å². The summed E-state index contributed by atoms with van der Waals surface area (Å²) >= 11 is 4.99. The standard InChI is InChI=1S/C10H16BrNOS/c1-6(2)7(5-12)9(13)10-8(11)3-4-14-10/h3-4,6-7,9,13H,5,12H2,1-2H3. The second kappa shape index (κ2) is 5.26. The monoisotopic (exact) mass is 277 g/mol. The molecule has 0 amide bonds. The van der Waals surface area contributed by atoms with Crippen LogP contribution in [-0.4, -0.2) is 11.7 Å². The van der Waals surface area contributed by atoms with Gasteiger partial charge in [0, 0.05) is 15.3 Å². The Morgan fingerprint density at radius 1 is 1.57 bits per heavy atom. The molecule has 0 bridgehead atoms. The Balaban J connectivity index is 2.83. The van der Waals surface area contributed by atoms with Gasteiger partial charge in [0.2, 0.25) is 0 Å². The average molecular weight is 278 g/mol. The maximum Gasteiger partial charge on any atom is 0.0935 e. The molecule has 0 radical (unpaired) electrons. The van der Waals surface area contributed by atoms with Crippen LogP contribution in [-0.2, 0) is 0 Å². The van der Waals surface area contributed by atoms with E-state index in [1.807, 2.05) is 11.4 Å². The summed E-state index contributed by atoms with van der Waals surface area (Å²) in [5.74, 6) is 0.522. The van der Waals surface area contributed by atoms with E-state index in [1.165, 1.54) is 0 Å². The number of halogens is 1. The number of aliphatic hydroxyl groups excluding tert-OH is 1. The lowest BCUT2D eigenvalue weighted by atomic mass is 9.89. The number of rotatable bonds is 4. The summed E-state index contributed by atoms with van der Waals surface area (Å²) in [6.45, 7) is 4.69. The van der Waals surface area contributed by atoms with E-state index in [0.717, 1.165) is 9.35 Å². The fraction of sp³-hybridized carbons (Fsp3) is 0.600. The van der Waals surface area contributed by atoms with Crippen LogP contribution in [0, 0.1) is 11.8 Å². The van der Waals surface area contributed by atoms with Crippen LogP contribution in [0.1, 0.15) is 24.8 Å². The molecule has 0 aliphatic carbocycles. The summed E-state index contributed by atoms with van der Waals surface area (Å²) in [6.07, 6.45) is -0.450. The van der Waals surface area contributed by atoms with Gasteiger partial charge in [0.1, 0.15) is 0 Å². The van der Waals surface area contributed by atoms with Crippen LogP contribution in [0.2, 0.25) is 0 Å². The first-order chi connectivity index (χ1) is 6.57. The Hall–Kier alpha value is 0.100. The van der Waals surface area contributed by atoms with Gasteiger partial charge in [-0.15, -0.1) is 11.3 Å². The summed E-state index contributed by atoms with van der Waals surface area (Å²) in [4.78, 5) is 0.981. The van der Waals surface area contributed by atoms with Gasteiger partial charge in [0.25, 0.3) is 0 Å². The number of hydrogen-bond donors (Lipinski definition) is 2. The molecule has 0 saturated carbocycles. The number of aliphatic hydroxyl groups is 1. The highest BCUT2D eigenvalue weighted by molar-refractivity contribution is 9.10. The molecule has 14 heavy (non-hydrogen) atoms. The summed E-state index contributed by atoms with van der Waals surface area (Å²) in [7, 11) is 0. The predicted molar refractivity (Wildman–Crippen MR) is 64.4 cm³/mol. The molecule has 1 heterocycles. The smallest absolute Gasteiger partial charge is 0.0935 e. The molecule has 0 aliphatic rings. The molecule has 3 N–H and O–H groups in total. The van der Waals surface area contributed by atoms with Crippen molar-refractivity contribution in [3.8, 4) is 0 Å². The minimum absolute atomic E-state index is 0.130. The molecular weight excluding hydrogens is 262 g/mol. The first-order valence-electron chi connectivity index (χ1n) is 4.69. The highest BCUT2D eigenvalue weighted by atomic mass is 79.9. The quantitative estimate of drug-likeness (QED) is 0.889. The van der Waals surface area contributed by atoms with Crippen molar-refractivity contribution >= 4 is 27.3 Å². The van der Waals surface area contributed by atoms with Crippen LogP contribution in [0.4, 0.5) is 0 Å². The van der Waals surface area contributed by atoms with E-state index in [4.69, 9.17) is 5.73 Å². The predicted octanol–water partition coefficient (Wildman–Crippen LogP) is 2.77. The van der Waals surface area contributed by atoms with Crippen molar-refractivity contribution in [1.29, 1.82) is 0 Å². The topological polar surface area (TPSA) is 46.2 Å². The minimum Gasteiger partial charge on any atom is -0.387 e. The molecule has 2 nitrogen and oxygen atoms in total. The molecule has 0 aliphatic heterocycles. The SMILES string of the molecule is CC(C)C(CN)C(O)c1sccc1Br. The van der Waals surface area contributed by atoms with Crippen molar-refractivity contribution in [3.05, 3.63) is 20.8 Å². The van der Waals surface area contributed by atoms with Crippen molar-refractivity contribution in [3.63, 3.8) is 0 Å². The van der Waals surface area contributed by atoms with Gasteiger partial charge in [0.15, 0.2) is 0 Å². The fourth-order valence-electron chi connectivity index (χ4n) is 1.48. The molecule has 0 spiro atoms. The number of nitrogens with two attached hydrogens (primary N) is 1. The summed E-state index contributed by atoms with van der Waals surface area (Å²) < 4.78 is 0.981. The third-order valence-electron chi connectivity index (χ3n) is 2.45. The second-order valence-corrected chi connectivity index (χ2v) is 5.52. The van der Waals surface area contributed by atoms with E-state index in [0.29, 0.717) is 12.5 Å². The summed E-state index contributed by atoms with van der Waals surface area (Å²) in [5.41, 5.74) is 5.66. The van der Waals surface area contributed by atoms with Crippen LogP contribution < -0.4 is 5.73 Å². The lowest BCUT2D eigenvalue weighted by Gasteiger charge is -2.24. The molecule has 1 rings (SSSR count). The van der Waals surface area contributed by atoms with Crippen LogP contribution in [0.15, 0.2) is 15.9 Å². The lowest BCUT2D eigenvalue weighted by molar-refractivity contribution is 0.0887. The molecule has 2 unspecified atom stereocenters. The van der Waals surface area contributed by atoms with Gasteiger partial charge in [-0.1, -0.05) is 13.8 Å². The van der Waals surface area contributed by atoms with Crippen molar-refractivity contribution < 1.29 is 5.11 Å². The third kappa shape index (κ3) is 2.57. The van der Waals surface area contributed by atoms with Gasteiger partial charge in [-0.2, -0.15) is 0 Å². The Labute approximate surface area is 97.3 Å². The lowest BCUT2D eigenvalue weighted by Crippen LogP contribution is -2.26. The molecule has 0 aromatic carbocycles. The highest BCUT2D eigenvalue weighted by Gasteiger charge is 2.25. The van der Waals surface area contributed by atoms with Gasteiger partial charge in [-0.3, -0.25) is 0 Å². The van der Waals surface area contributed by atoms with Crippen LogP contribution in [0.3, 0.4) is 0 Å². The number of hydrogen-bond acceptors (Lipinski definition) is 3.